The van der Waals surface area contributed by atoms with Gasteiger partial charge in [0.15, 0.2) is 0 Å². The Bertz CT molecular complexity index is 376. The maximum absolute atomic E-state index is 5.71. The van der Waals surface area contributed by atoms with Crippen LogP contribution in [0.3, 0.4) is 0 Å². The van der Waals surface area contributed by atoms with Gasteiger partial charge in [-0.25, -0.2) is 4.98 Å². The van der Waals surface area contributed by atoms with Gasteiger partial charge in [0.1, 0.15) is 5.82 Å². The van der Waals surface area contributed by atoms with Crippen LogP contribution in [0.25, 0.3) is 0 Å². The van der Waals surface area contributed by atoms with E-state index in [1.165, 1.54) is 18.5 Å². The first-order chi connectivity index (χ1) is 9.19. The average Bonchev–Trinajstić information content (AvgIpc) is 2.65. The molecule has 0 aliphatic carbocycles. The molecule has 1 atom stereocenters. The van der Waals surface area contributed by atoms with Gasteiger partial charge in [0.2, 0.25) is 0 Å². The Morgan fingerprint density at radius 1 is 1.26 bits per heavy atom. The largest absolute Gasteiger partial charge is 0.355 e. The fourth-order valence-electron chi connectivity index (χ4n) is 2.54. The number of nitrogens with two attached hydrogens (primary N) is 1. The number of hydrogen-bond acceptors (Lipinski definition) is 4. The predicted octanol–water partition coefficient (Wildman–Crippen LogP) is 1.50. The third-order valence-electron chi connectivity index (χ3n) is 3.78. The first-order valence-corrected chi connectivity index (χ1v) is 7.29. The summed E-state index contributed by atoms with van der Waals surface area (Å²) in [7, 11) is 0. The third-order valence-corrected chi connectivity index (χ3v) is 3.78. The highest BCUT2D eigenvalue weighted by Gasteiger charge is 2.16. The van der Waals surface area contributed by atoms with E-state index in [9.17, 15) is 0 Å². The summed E-state index contributed by atoms with van der Waals surface area (Å²) in [5.74, 6) is 1.70. The molecule has 19 heavy (non-hydrogen) atoms. The Kier molecular flexibility index (Phi) is 5.16. The summed E-state index contributed by atoms with van der Waals surface area (Å²) in [6.45, 7) is 10.6. The van der Waals surface area contributed by atoms with Crippen molar-refractivity contribution in [2.45, 2.75) is 20.3 Å². The fourth-order valence-corrected chi connectivity index (χ4v) is 2.54. The Hall–Kier alpha value is -1.13. The fraction of sp³-hybridized carbons (Fsp3) is 0.667. The summed E-state index contributed by atoms with van der Waals surface area (Å²) in [5.41, 5.74) is 6.93. The highest BCUT2D eigenvalue weighted by molar-refractivity contribution is 5.39. The zero-order valence-corrected chi connectivity index (χ0v) is 12.2. The third kappa shape index (κ3) is 4.18. The average molecular weight is 262 g/mol. The number of anilines is 1. The zero-order valence-electron chi connectivity index (χ0n) is 12.2. The van der Waals surface area contributed by atoms with Crippen LogP contribution in [0, 0.1) is 12.8 Å². The topological polar surface area (TPSA) is 45.4 Å². The van der Waals surface area contributed by atoms with E-state index in [0.29, 0.717) is 5.92 Å². The van der Waals surface area contributed by atoms with Crippen molar-refractivity contribution in [2.75, 3.05) is 44.2 Å². The van der Waals surface area contributed by atoms with E-state index in [2.05, 4.69) is 40.8 Å². The second kappa shape index (κ2) is 6.87. The number of hydrogen-bond donors (Lipinski definition) is 1. The second-order valence-corrected chi connectivity index (χ2v) is 5.68. The van der Waals surface area contributed by atoms with Gasteiger partial charge in [0.05, 0.1) is 0 Å². The smallest absolute Gasteiger partial charge is 0.128 e. The Morgan fingerprint density at radius 3 is 2.79 bits per heavy atom. The highest BCUT2D eigenvalue weighted by Crippen LogP contribution is 2.14. The van der Waals surface area contributed by atoms with E-state index in [1.807, 2.05) is 6.20 Å². The number of nitrogens with zero attached hydrogens (tertiary/aromatic N) is 3. The van der Waals surface area contributed by atoms with Gasteiger partial charge in [-0.1, -0.05) is 13.0 Å². The molecule has 4 nitrogen and oxygen atoms in total. The number of aryl methyl sites for hydroxylation is 1. The first-order valence-electron chi connectivity index (χ1n) is 7.29. The molecule has 2 N–H and O–H groups in total. The normalized spacial score (nSPS) is 19.2. The van der Waals surface area contributed by atoms with Crippen LogP contribution in [0.1, 0.15) is 18.9 Å². The van der Waals surface area contributed by atoms with E-state index < -0.39 is 0 Å². The molecule has 0 amide bonds. The summed E-state index contributed by atoms with van der Waals surface area (Å²) in [4.78, 5) is 9.46. The van der Waals surface area contributed by atoms with Crippen molar-refractivity contribution in [2.24, 2.45) is 11.7 Å². The van der Waals surface area contributed by atoms with Crippen LogP contribution in [-0.2, 0) is 0 Å². The van der Waals surface area contributed by atoms with Gasteiger partial charge in [0.25, 0.3) is 0 Å². The number of pyridine rings is 1. The van der Waals surface area contributed by atoms with Crippen LogP contribution in [0.2, 0.25) is 0 Å². The molecule has 0 bridgehead atoms. The van der Waals surface area contributed by atoms with Gasteiger partial charge >= 0.3 is 0 Å². The molecule has 1 saturated heterocycles. The Balaban J connectivity index is 1.91. The van der Waals surface area contributed by atoms with Crippen molar-refractivity contribution in [3.05, 3.63) is 23.9 Å². The minimum absolute atomic E-state index is 0.587. The minimum atomic E-state index is 0.587. The highest BCUT2D eigenvalue weighted by atomic mass is 15.2. The van der Waals surface area contributed by atoms with Crippen LogP contribution < -0.4 is 10.6 Å². The molecule has 2 heterocycles. The van der Waals surface area contributed by atoms with Gasteiger partial charge in [-0.3, -0.25) is 0 Å². The Labute approximate surface area is 116 Å². The van der Waals surface area contributed by atoms with Gasteiger partial charge in [-0.2, -0.15) is 0 Å². The molecule has 2 rings (SSSR count). The van der Waals surface area contributed by atoms with Crippen molar-refractivity contribution < 1.29 is 0 Å². The molecule has 1 aromatic rings. The van der Waals surface area contributed by atoms with Crippen molar-refractivity contribution in [3.8, 4) is 0 Å². The summed E-state index contributed by atoms with van der Waals surface area (Å²) in [6.07, 6.45) is 3.15. The second-order valence-electron chi connectivity index (χ2n) is 5.68. The maximum Gasteiger partial charge on any atom is 0.128 e. The van der Waals surface area contributed by atoms with E-state index in [0.717, 1.165) is 38.5 Å². The van der Waals surface area contributed by atoms with Crippen molar-refractivity contribution in [1.82, 2.24) is 9.88 Å². The predicted molar refractivity (Wildman–Crippen MR) is 80.5 cm³/mol. The first kappa shape index (κ1) is 14.3. The van der Waals surface area contributed by atoms with Crippen LogP contribution in [0.5, 0.6) is 0 Å². The molecule has 4 heteroatoms. The molecule has 1 fully saturated rings. The monoisotopic (exact) mass is 262 g/mol. The molecule has 106 valence electrons. The van der Waals surface area contributed by atoms with Crippen LogP contribution in [0.4, 0.5) is 5.82 Å². The molecule has 0 saturated carbocycles. The molecular formula is C15H26N4. The standard InChI is InChI=1S/C15H26N4/c1-13-4-5-15(17-11-13)19-7-3-6-18(8-9-19)12-14(2)10-16/h4-5,11,14H,3,6-10,12,16H2,1-2H3. The minimum Gasteiger partial charge on any atom is -0.355 e. The van der Waals surface area contributed by atoms with Gasteiger partial charge in [-0.15, -0.1) is 0 Å². The lowest BCUT2D eigenvalue weighted by atomic mass is 10.1. The van der Waals surface area contributed by atoms with Gasteiger partial charge in [0, 0.05) is 32.4 Å². The summed E-state index contributed by atoms with van der Waals surface area (Å²) < 4.78 is 0. The van der Waals surface area contributed by atoms with Gasteiger partial charge in [-0.05, 0) is 44.0 Å². The molecule has 0 radical (unpaired) electrons. The van der Waals surface area contributed by atoms with E-state index in [1.54, 1.807) is 0 Å². The quantitative estimate of drug-likeness (QED) is 0.893. The SMILES string of the molecule is Cc1ccc(N2CCCN(CC(C)CN)CC2)nc1. The van der Waals surface area contributed by atoms with Crippen molar-refractivity contribution >= 4 is 5.82 Å². The van der Waals surface area contributed by atoms with E-state index in [4.69, 9.17) is 5.73 Å². The molecule has 0 aromatic carbocycles. The zero-order chi connectivity index (χ0) is 13.7. The summed E-state index contributed by atoms with van der Waals surface area (Å²) in [6, 6.07) is 4.27. The molecule has 1 aliphatic heterocycles. The van der Waals surface area contributed by atoms with E-state index in [-0.39, 0.29) is 0 Å². The Morgan fingerprint density at radius 2 is 2.11 bits per heavy atom. The van der Waals surface area contributed by atoms with Crippen LogP contribution >= 0.6 is 0 Å². The molecule has 0 spiro atoms. The van der Waals surface area contributed by atoms with Crippen molar-refractivity contribution in [3.63, 3.8) is 0 Å². The lowest BCUT2D eigenvalue weighted by Gasteiger charge is -2.24. The molecule has 1 unspecified atom stereocenters. The summed E-state index contributed by atoms with van der Waals surface area (Å²) >= 11 is 0. The molecular weight excluding hydrogens is 236 g/mol. The molecule has 1 aliphatic rings. The number of aromatic nitrogens is 1. The van der Waals surface area contributed by atoms with E-state index >= 15 is 0 Å². The maximum atomic E-state index is 5.71. The van der Waals surface area contributed by atoms with Crippen molar-refractivity contribution in [1.29, 1.82) is 0 Å². The lowest BCUT2D eigenvalue weighted by Crippen LogP contribution is -2.35. The molecule has 1 aromatic heterocycles. The summed E-state index contributed by atoms with van der Waals surface area (Å²) in [5, 5.41) is 0. The van der Waals surface area contributed by atoms with Crippen LogP contribution in [-0.4, -0.2) is 49.2 Å². The van der Waals surface area contributed by atoms with Crippen LogP contribution in [0.15, 0.2) is 18.3 Å². The van der Waals surface area contributed by atoms with Gasteiger partial charge < -0.3 is 15.5 Å². The number of rotatable bonds is 4. The lowest BCUT2D eigenvalue weighted by molar-refractivity contribution is 0.255.